The molecule has 3 aromatic rings. The van der Waals surface area contributed by atoms with Crippen LogP contribution in [0.15, 0.2) is 29.2 Å². The number of carbonyl (C=O) groups excluding carboxylic acids is 1. The molecule has 1 aliphatic rings. The van der Waals surface area contributed by atoms with Crippen LogP contribution in [0.2, 0.25) is 0 Å². The molecule has 148 valence electrons. The maximum absolute atomic E-state index is 12.5. The fourth-order valence-corrected chi connectivity index (χ4v) is 3.95. The molecule has 3 N–H and O–H groups in total. The van der Waals surface area contributed by atoms with Gasteiger partial charge in [-0.05, 0) is 50.8 Å². The number of fused-ring (bicyclic) bond motifs is 1. The number of nitrogens with one attached hydrogen (secondary N) is 2. The Hall–Kier alpha value is -2.87. The molecular weight excluding hydrogens is 358 g/mol. The number of aromatic amines is 1. The van der Waals surface area contributed by atoms with Gasteiger partial charge >= 0.3 is 5.69 Å². The molecule has 28 heavy (non-hydrogen) atoms. The normalized spacial score (nSPS) is 19.8. The highest BCUT2D eigenvalue weighted by Gasteiger charge is 2.24. The van der Waals surface area contributed by atoms with E-state index in [4.69, 9.17) is 0 Å². The molecular formula is C20H25N5O3. The van der Waals surface area contributed by atoms with Gasteiger partial charge in [0.2, 0.25) is 0 Å². The first-order valence-electron chi connectivity index (χ1n) is 9.62. The lowest BCUT2D eigenvalue weighted by Gasteiger charge is -2.26. The molecule has 2 aromatic heterocycles. The van der Waals surface area contributed by atoms with Crippen LogP contribution in [0.3, 0.4) is 0 Å². The van der Waals surface area contributed by atoms with E-state index in [2.05, 4.69) is 15.4 Å². The molecule has 4 rings (SSSR count). The molecule has 1 amide bonds. The van der Waals surface area contributed by atoms with Crippen molar-refractivity contribution in [2.75, 3.05) is 0 Å². The summed E-state index contributed by atoms with van der Waals surface area (Å²) in [6, 6.07) is 5.37. The second-order valence-corrected chi connectivity index (χ2v) is 7.56. The smallest absolute Gasteiger partial charge is 0.326 e. The van der Waals surface area contributed by atoms with Crippen LogP contribution in [-0.2, 0) is 13.6 Å². The van der Waals surface area contributed by atoms with Gasteiger partial charge in [0, 0.05) is 36.5 Å². The summed E-state index contributed by atoms with van der Waals surface area (Å²) in [6.07, 6.45) is 4.45. The predicted octanol–water partition coefficient (Wildman–Crippen LogP) is 1.78. The van der Waals surface area contributed by atoms with E-state index >= 15 is 0 Å². The number of hydrogen-bond donors (Lipinski definition) is 3. The average molecular weight is 383 g/mol. The van der Waals surface area contributed by atoms with Crippen molar-refractivity contribution in [2.45, 2.75) is 51.3 Å². The van der Waals surface area contributed by atoms with Gasteiger partial charge in [-0.15, -0.1) is 0 Å². The summed E-state index contributed by atoms with van der Waals surface area (Å²) in [7, 11) is 1.86. The van der Waals surface area contributed by atoms with Gasteiger partial charge in [-0.3, -0.25) is 14.0 Å². The van der Waals surface area contributed by atoms with Crippen LogP contribution in [0.25, 0.3) is 11.0 Å². The number of aliphatic hydroxyl groups is 1. The third-order valence-corrected chi connectivity index (χ3v) is 5.79. The number of aryl methyl sites for hydroxylation is 1. The van der Waals surface area contributed by atoms with E-state index in [0.717, 1.165) is 29.6 Å². The van der Waals surface area contributed by atoms with Crippen molar-refractivity contribution in [3.05, 3.63) is 51.7 Å². The molecule has 1 aliphatic carbocycles. The topological polar surface area (TPSA) is 105 Å². The molecule has 8 nitrogen and oxygen atoms in total. The molecule has 1 saturated carbocycles. The Morgan fingerprint density at radius 3 is 2.75 bits per heavy atom. The van der Waals surface area contributed by atoms with Crippen LogP contribution in [-0.4, -0.2) is 36.4 Å². The van der Waals surface area contributed by atoms with Crippen LogP contribution in [0, 0.1) is 6.92 Å². The number of nitrogens with zero attached hydrogens (tertiary/aromatic N) is 3. The average Bonchev–Trinajstić information content (AvgIpc) is 3.18. The van der Waals surface area contributed by atoms with Gasteiger partial charge in [-0.2, -0.15) is 5.10 Å². The van der Waals surface area contributed by atoms with Crippen LogP contribution >= 0.6 is 0 Å². The highest BCUT2D eigenvalue weighted by Crippen LogP contribution is 2.29. The van der Waals surface area contributed by atoms with Crippen LogP contribution in [0.4, 0.5) is 0 Å². The zero-order valence-corrected chi connectivity index (χ0v) is 16.1. The van der Waals surface area contributed by atoms with Gasteiger partial charge in [0.05, 0.1) is 23.3 Å². The molecule has 0 atom stereocenters. The Labute approximate surface area is 162 Å². The van der Waals surface area contributed by atoms with Gasteiger partial charge < -0.3 is 15.4 Å². The fraction of sp³-hybridized carbons (Fsp3) is 0.450. The summed E-state index contributed by atoms with van der Waals surface area (Å²) in [5.74, 6) is -0.195. The van der Waals surface area contributed by atoms with Gasteiger partial charge in [-0.1, -0.05) is 0 Å². The Balaban J connectivity index is 1.54. The summed E-state index contributed by atoms with van der Waals surface area (Å²) in [4.78, 5) is 27.9. The number of rotatable bonds is 4. The van der Waals surface area contributed by atoms with Crippen molar-refractivity contribution in [2.24, 2.45) is 7.05 Å². The molecule has 8 heteroatoms. The summed E-state index contributed by atoms with van der Waals surface area (Å²) >= 11 is 0. The van der Waals surface area contributed by atoms with E-state index in [1.54, 1.807) is 27.6 Å². The highest BCUT2D eigenvalue weighted by atomic mass is 16.3. The zero-order chi connectivity index (χ0) is 19.8. The Morgan fingerprint density at radius 1 is 1.32 bits per heavy atom. The van der Waals surface area contributed by atoms with Crippen molar-refractivity contribution in [1.29, 1.82) is 0 Å². The monoisotopic (exact) mass is 383 g/mol. The second kappa shape index (κ2) is 7.27. The molecule has 1 fully saturated rings. The number of aromatic nitrogens is 4. The summed E-state index contributed by atoms with van der Waals surface area (Å²) in [5, 5.41) is 16.8. The zero-order valence-electron chi connectivity index (χ0n) is 16.1. The Bertz CT molecular complexity index is 1070. The first kappa shape index (κ1) is 18.5. The highest BCUT2D eigenvalue weighted by molar-refractivity contribution is 5.97. The van der Waals surface area contributed by atoms with Crippen molar-refractivity contribution >= 4 is 16.9 Å². The largest absolute Gasteiger partial charge is 0.393 e. The molecule has 0 bridgehead atoms. The number of hydrogen-bond acceptors (Lipinski definition) is 4. The van der Waals surface area contributed by atoms with Crippen LogP contribution in [0.5, 0.6) is 0 Å². The number of H-pyrrole nitrogens is 1. The molecule has 0 aliphatic heterocycles. The van der Waals surface area contributed by atoms with Crippen molar-refractivity contribution in [3.8, 4) is 0 Å². The van der Waals surface area contributed by atoms with Crippen molar-refractivity contribution in [3.63, 3.8) is 0 Å². The molecule has 0 radical (unpaired) electrons. The van der Waals surface area contributed by atoms with Crippen molar-refractivity contribution in [1.82, 2.24) is 24.6 Å². The summed E-state index contributed by atoms with van der Waals surface area (Å²) < 4.78 is 3.53. The lowest BCUT2D eigenvalue weighted by molar-refractivity contribution is 0.0951. The minimum Gasteiger partial charge on any atom is -0.393 e. The predicted molar refractivity (Wildman–Crippen MR) is 105 cm³/mol. The Kier molecular flexibility index (Phi) is 4.80. The third kappa shape index (κ3) is 3.35. The maximum Gasteiger partial charge on any atom is 0.326 e. The maximum atomic E-state index is 12.5. The molecule has 0 spiro atoms. The van der Waals surface area contributed by atoms with Gasteiger partial charge in [0.15, 0.2) is 0 Å². The van der Waals surface area contributed by atoms with E-state index in [1.165, 1.54) is 0 Å². The standard InChI is InChI=1S/C20H25N5O3/c1-12-14(11-22-24(12)2)10-21-19(27)13-3-8-18-17(9-13)23-20(28)25(18)15-4-6-16(26)7-5-15/h3,8-9,11,15-16,26H,4-7,10H2,1-2H3,(H,21,27)(H,23,28). The first-order valence-corrected chi connectivity index (χ1v) is 9.62. The van der Waals surface area contributed by atoms with Gasteiger partial charge in [0.1, 0.15) is 0 Å². The first-order chi connectivity index (χ1) is 13.4. The van der Waals surface area contributed by atoms with Crippen LogP contribution < -0.4 is 11.0 Å². The van der Waals surface area contributed by atoms with E-state index in [1.807, 2.05) is 20.0 Å². The second-order valence-electron chi connectivity index (χ2n) is 7.56. The van der Waals surface area contributed by atoms with Gasteiger partial charge in [-0.25, -0.2) is 4.79 Å². The van der Waals surface area contributed by atoms with E-state index < -0.39 is 0 Å². The van der Waals surface area contributed by atoms with E-state index in [9.17, 15) is 14.7 Å². The number of benzene rings is 1. The third-order valence-electron chi connectivity index (χ3n) is 5.79. The van der Waals surface area contributed by atoms with E-state index in [0.29, 0.717) is 30.5 Å². The van der Waals surface area contributed by atoms with Gasteiger partial charge in [0.25, 0.3) is 5.91 Å². The lowest BCUT2D eigenvalue weighted by Crippen LogP contribution is -2.27. The number of carbonyl (C=O) groups is 1. The lowest BCUT2D eigenvalue weighted by atomic mass is 9.93. The molecule has 0 unspecified atom stereocenters. The number of aliphatic hydroxyl groups excluding tert-OH is 1. The molecule has 1 aromatic carbocycles. The quantitative estimate of drug-likeness (QED) is 0.639. The minimum absolute atomic E-state index is 0.0814. The van der Waals surface area contributed by atoms with E-state index in [-0.39, 0.29) is 23.7 Å². The Morgan fingerprint density at radius 2 is 2.07 bits per heavy atom. The molecule has 0 saturated heterocycles. The number of amides is 1. The van der Waals surface area contributed by atoms with Crippen LogP contribution in [0.1, 0.15) is 53.3 Å². The summed E-state index contributed by atoms with van der Waals surface area (Å²) in [6.45, 7) is 2.36. The fourth-order valence-electron chi connectivity index (χ4n) is 3.95. The minimum atomic E-state index is -0.268. The number of imidazole rings is 1. The van der Waals surface area contributed by atoms with Crippen molar-refractivity contribution < 1.29 is 9.90 Å². The summed E-state index contributed by atoms with van der Waals surface area (Å²) in [5.41, 5.74) is 3.76. The molecule has 2 heterocycles. The SMILES string of the molecule is Cc1c(CNC(=O)c2ccc3c(c2)[nH]c(=O)n3C2CCC(O)CC2)cnn1C.